The van der Waals surface area contributed by atoms with Gasteiger partial charge in [0.15, 0.2) is 0 Å². The van der Waals surface area contributed by atoms with Crippen molar-refractivity contribution in [3.8, 4) is 5.75 Å². The SMILES string of the molecule is COC(=O)[C@@H](N)C(C)c1ccc(O)cc1. The number of phenolic OH excluding ortho intramolecular Hbond substituents is 1. The van der Waals surface area contributed by atoms with Crippen LogP contribution in [0.25, 0.3) is 0 Å². The summed E-state index contributed by atoms with van der Waals surface area (Å²) >= 11 is 0. The zero-order valence-electron chi connectivity index (χ0n) is 8.81. The van der Waals surface area contributed by atoms with Gasteiger partial charge in [0.05, 0.1) is 7.11 Å². The van der Waals surface area contributed by atoms with Crippen LogP contribution in [0.5, 0.6) is 5.75 Å². The van der Waals surface area contributed by atoms with E-state index in [4.69, 9.17) is 10.8 Å². The molecule has 3 N–H and O–H groups in total. The molecule has 0 radical (unpaired) electrons. The molecular weight excluding hydrogens is 194 g/mol. The van der Waals surface area contributed by atoms with Crippen molar-refractivity contribution >= 4 is 5.97 Å². The summed E-state index contributed by atoms with van der Waals surface area (Å²) in [6.45, 7) is 1.84. The molecule has 1 rings (SSSR count). The zero-order chi connectivity index (χ0) is 11.4. The van der Waals surface area contributed by atoms with Crippen LogP contribution < -0.4 is 5.73 Å². The Morgan fingerprint density at radius 2 is 1.93 bits per heavy atom. The number of carbonyl (C=O) groups excluding carboxylic acids is 1. The van der Waals surface area contributed by atoms with Gasteiger partial charge in [-0.1, -0.05) is 19.1 Å². The van der Waals surface area contributed by atoms with E-state index >= 15 is 0 Å². The van der Waals surface area contributed by atoms with E-state index in [9.17, 15) is 4.79 Å². The number of hydrogen-bond donors (Lipinski definition) is 2. The summed E-state index contributed by atoms with van der Waals surface area (Å²) in [6, 6.07) is 5.93. The van der Waals surface area contributed by atoms with Gasteiger partial charge in [-0.05, 0) is 17.7 Å². The first-order chi connectivity index (χ1) is 7.06. The average molecular weight is 209 g/mol. The van der Waals surface area contributed by atoms with Crippen molar-refractivity contribution in [3.63, 3.8) is 0 Å². The topological polar surface area (TPSA) is 72.5 Å². The van der Waals surface area contributed by atoms with Crippen molar-refractivity contribution < 1.29 is 14.6 Å². The fourth-order valence-electron chi connectivity index (χ4n) is 1.33. The molecule has 0 aliphatic rings. The maximum atomic E-state index is 11.2. The Morgan fingerprint density at radius 3 is 2.40 bits per heavy atom. The molecule has 82 valence electrons. The molecule has 0 aliphatic heterocycles. The third-order valence-electron chi connectivity index (χ3n) is 2.43. The molecule has 2 atom stereocenters. The predicted molar refractivity (Wildman–Crippen MR) is 56.5 cm³/mol. The lowest BCUT2D eigenvalue weighted by atomic mass is 9.94. The van der Waals surface area contributed by atoms with Gasteiger partial charge in [0.25, 0.3) is 0 Å². The highest BCUT2D eigenvalue weighted by Gasteiger charge is 2.22. The highest BCUT2D eigenvalue weighted by atomic mass is 16.5. The van der Waals surface area contributed by atoms with E-state index < -0.39 is 12.0 Å². The van der Waals surface area contributed by atoms with Gasteiger partial charge in [0.2, 0.25) is 0 Å². The van der Waals surface area contributed by atoms with E-state index in [1.807, 2.05) is 6.92 Å². The Kier molecular flexibility index (Phi) is 3.68. The number of carbonyl (C=O) groups is 1. The van der Waals surface area contributed by atoms with Crippen LogP contribution in [0.1, 0.15) is 18.4 Å². The van der Waals surface area contributed by atoms with Crippen molar-refractivity contribution in [2.45, 2.75) is 18.9 Å². The van der Waals surface area contributed by atoms with Gasteiger partial charge in [-0.3, -0.25) is 4.79 Å². The lowest BCUT2D eigenvalue weighted by Gasteiger charge is -2.17. The van der Waals surface area contributed by atoms with Crippen LogP contribution in [-0.2, 0) is 9.53 Å². The van der Waals surface area contributed by atoms with Crippen molar-refractivity contribution in [1.82, 2.24) is 0 Å². The van der Waals surface area contributed by atoms with Gasteiger partial charge in [-0.15, -0.1) is 0 Å². The standard InChI is InChI=1S/C11H15NO3/c1-7(10(12)11(14)15-2)8-3-5-9(13)6-4-8/h3-7,10,13H,12H2,1-2H3/t7?,10-/m0/s1. The van der Waals surface area contributed by atoms with Crippen LogP contribution >= 0.6 is 0 Å². The second kappa shape index (κ2) is 4.79. The molecule has 15 heavy (non-hydrogen) atoms. The van der Waals surface area contributed by atoms with Gasteiger partial charge in [-0.2, -0.15) is 0 Å². The Labute approximate surface area is 88.7 Å². The number of benzene rings is 1. The van der Waals surface area contributed by atoms with Gasteiger partial charge < -0.3 is 15.6 Å². The molecule has 0 saturated carbocycles. The fraction of sp³-hybridized carbons (Fsp3) is 0.364. The number of phenols is 1. The lowest BCUT2D eigenvalue weighted by Crippen LogP contribution is -2.36. The number of rotatable bonds is 3. The first-order valence-electron chi connectivity index (χ1n) is 4.68. The molecule has 0 spiro atoms. The van der Waals surface area contributed by atoms with E-state index in [1.54, 1.807) is 24.3 Å². The van der Waals surface area contributed by atoms with Crippen LogP contribution in [0.3, 0.4) is 0 Å². The molecule has 0 aromatic heterocycles. The van der Waals surface area contributed by atoms with Crippen molar-refractivity contribution in [2.75, 3.05) is 7.11 Å². The second-order valence-corrected chi connectivity index (χ2v) is 3.43. The highest BCUT2D eigenvalue weighted by Crippen LogP contribution is 2.21. The first-order valence-corrected chi connectivity index (χ1v) is 4.68. The predicted octanol–water partition coefficient (Wildman–Crippen LogP) is 0.996. The highest BCUT2D eigenvalue weighted by molar-refractivity contribution is 5.76. The quantitative estimate of drug-likeness (QED) is 0.728. The number of methoxy groups -OCH3 is 1. The minimum absolute atomic E-state index is 0.141. The average Bonchev–Trinajstić information content (AvgIpc) is 2.27. The van der Waals surface area contributed by atoms with E-state index in [-0.39, 0.29) is 11.7 Å². The molecule has 0 aliphatic carbocycles. The summed E-state index contributed by atoms with van der Waals surface area (Å²) in [6.07, 6.45) is 0. The molecule has 1 unspecified atom stereocenters. The monoisotopic (exact) mass is 209 g/mol. The third kappa shape index (κ3) is 2.70. The Hall–Kier alpha value is -1.55. The maximum absolute atomic E-state index is 11.2. The van der Waals surface area contributed by atoms with Gasteiger partial charge >= 0.3 is 5.97 Å². The van der Waals surface area contributed by atoms with Crippen molar-refractivity contribution in [1.29, 1.82) is 0 Å². The molecule has 0 heterocycles. The van der Waals surface area contributed by atoms with Crippen molar-refractivity contribution in [3.05, 3.63) is 29.8 Å². The molecule has 1 aromatic carbocycles. The molecule has 4 heteroatoms. The largest absolute Gasteiger partial charge is 0.508 e. The Bertz CT molecular complexity index is 334. The van der Waals surface area contributed by atoms with Crippen LogP contribution in [0.2, 0.25) is 0 Å². The van der Waals surface area contributed by atoms with E-state index in [1.165, 1.54) is 7.11 Å². The summed E-state index contributed by atoms with van der Waals surface area (Å²) in [4.78, 5) is 11.2. The molecule has 4 nitrogen and oxygen atoms in total. The number of hydrogen-bond acceptors (Lipinski definition) is 4. The molecule has 0 bridgehead atoms. The van der Waals surface area contributed by atoms with Gasteiger partial charge in [-0.25, -0.2) is 0 Å². The lowest BCUT2D eigenvalue weighted by molar-refractivity contribution is -0.142. The minimum atomic E-state index is -0.681. The van der Waals surface area contributed by atoms with E-state index in [2.05, 4.69) is 4.74 Å². The van der Waals surface area contributed by atoms with Crippen LogP contribution in [0.4, 0.5) is 0 Å². The Morgan fingerprint density at radius 1 is 1.40 bits per heavy atom. The smallest absolute Gasteiger partial charge is 0.323 e. The molecule has 0 amide bonds. The van der Waals surface area contributed by atoms with Gasteiger partial charge in [0.1, 0.15) is 11.8 Å². The normalized spacial score (nSPS) is 14.3. The van der Waals surface area contributed by atoms with E-state index in [0.717, 1.165) is 5.56 Å². The number of ether oxygens (including phenoxy) is 1. The second-order valence-electron chi connectivity index (χ2n) is 3.43. The molecule has 1 aromatic rings. The summed E-state index contributed by atoms with van der Waals surface area (Å²) in [5.41, 5.74) is 6.60. The van der Waals surface area contributed by atoms with Crippen LogP contribution in [-0.4, -0.2) is 24.2 Å². The van der Waals surface area contributed by atoms with Crippen LogP contribution in [0, 0.1) is 0 Å². The number of nitrogens with two attached hydrogens (primary N) is 1. The summed E-state index contributed by atoms with van der Waals surface area (Å²) in [7, 11) is 1.31. The van der Waals surface area contributed by atoms with Crippen LogP contribution in [0.15, 0.2) is 24.3 Å². The molecule has 0 fully saturated rings. The van der Waals surface area contributed by atoms with E-state index in [0.29, 0.717) is 0 Å². The molecular formula is C11H15NO3. The van der Waals surface area contributed by atoms with Crippen molar-refractivity contribution in [2.24, 2.45) is 5.73 Å². The molecule has 0 saturated heterocycles. The summed E-state index contributed by atoms with van der Waals surface area (Å²) < 4.78 is 4.57. The fourth-order valence-corrected chi connectivity index (χ4v) is 1.33. The summed E-state index contributed by atoms with van der Waals surface area (Å²) in [5, 5.41) is 9.11. The zero-order valence-corrected chi connectivity index (χ0v) is 8.81. The summed E-state index contributed by atoms with van der Waals surface area (Å²) in [5.74, 6) is -0.383. The first kappa shape index (κ1) is 11.5. The maximum Gasteiger partial charge on any atom is 0.323 e. The third-order valence-corrected chi connectivity index (χ3v) is 2.43. The number of aromatic hydroxyl groups is 1. The van der Waals surface area contributed by atoms with Gasteiger partial charge in [0, 0.05) is 5.92 Å². The minimum Gasteiger partial charge on any atom is -0.508 e. The number of esters is 1. The Balaban J connectivity index is 2.80.